The first-order valence-corrected chi connectivity index (χ1v) is 6.64. The standard InChI is InChI=1S/C16H11FN2O4/c17-11-5-2-1-4-10(11)12-7-8-14(23-12)16(21)19-18-15(20)13-6-3-9-22-13/h1-9H,(H,18,20)(H,19,21). The van der Waals surface area contributed by atoms with Gasteiger partial charge in [-0.05, 0) is 36.4 Å². The average molecular weight is 314 g/mol. The van der Waals surface area contributed by atoms with Gasteiger partial charge in [-0.3, -0.25) is 20.4 Å². The quantitative estimate of drug-likeness (QED) is 0.728. The van der Waals surface area contributed by atoms with Gasteiger partial charge >= 0.3 is 11.8 Å². The maximum absolute atomic E-state index is 13.7. The molecule has 0 aliphatic heterocycles. The van der Waals surface area contributed by atoms with Crippen molar-refractivity contribution in [2.45, 2.75) is 0 Å². The maximum Gasteiger partial charge on any atom is 0.305 e. The predicted molar refractivity (Wildman–Crippen MR) is 77.7 cm³/mol. The molecule has 0 aliphatic rings. The van der Waals surface area contributed by atoms with Gasteiger partial charge < -0.3 is 8.83 Å². The summed E-state index contributed by atoms with van der Waals surface area (Å²) >= 11 is 0. The first-order valence-electron chi connectivity index (χ1n) is 6.64. The molecule has 0 bridgehead atoms. The lowest BCUT2D eigenvalue weighted by Gasteiger charge is -2.04. The molecule has 0 radical (unpaired) electrons. The third-order valence-electron chi connectivity index (χ3n) is 3.00. The smallest absolute Gasteiger partial charge is 0.305 e. The maximum atomic E-state index is 13.7. The zero-order valence-electron chi connectivity index (χ0n) is 11.7. The highest BCUT2D eigenvalue weighted by molar-refractivity contribution is 5.96. The number of nitrogens with one attached hydrogen (secondary N) is 2. The lowest BCUT2D eigenvalue weighted by molar-refractivity contribution is 0.0817. The summed E-state index contributed by atoms with van der Waals surface area (Å²) in [6.07, 6.45) is 1.34. The number of amides is 2. The Morgan fingerprint density at radius 3 is 2.30 bits per heavy atom. The van der Waals surface area contributed by atoms with Crippen molar-refractivity contribution in [1.82, 2.24) is 10.9 Å². The number of benzene rings is 1. The molecule has 2 amide bonds. The van der Waals surface area contributed by atoms with E-state index >= 15 is 0 Å². The van der Waals surface area contributed by atoms with Gasteiger partial charge in [-0.25, -0.2) is 4.39 Å². The fraction of sp³-hybridized carbons (Fsp3) is 0. The Morgan fingerprint density at radius 2 is 1.61 bits per heavy atom. The second kappa shape index (κ2) is 6.18. The van der Waals surface area contributed by atoms with Gasteiger partial charge in [0.2, 0.25) is 0 Å². The number of carbonyl (C=O) groups excluding carboxylic acids is 2. The van der Waals surface area contributed by atoms with Gasteiger partial charge in [0.1, 0.15) is 11.6 Å². The van der Waals surface area contributed by atoms with Gasteiger partial charge in [-0.2, -0.15) is 0 Å². The van der Waals surface area contributed by atoms with Crippen LogP contribution in [0.25, 0.3) is 11.3 Å². The summed E-state index contributed by atoms with van der Waals surface area (Å²) in [6, 6.07) is 11.9. The molecule has 1 aromatic carbocycles. The van der Waals surface area contributed by atoms with Gasteiger partial charge in [0.25, 0.3) is 0 Å². The molecular formula is C16H11FN2O4. The van der Waals surface area contributed by atoms with Crippen LogP contribution in [0.3, 0.4) is 0 Å². The van der Waals surface area contributed by atoms with Crippen molar-refractivity contribution in [3.05, 3.63) is 72.1 Å². The average Bonchev–Trinajstić information content (AvgIpc) is 3.24. The van der Waals surface area contributed by atoms with Crippen molar-refractivity contribution in [2.75, 3.05) is 0 Å². The Bertz CT molecular complexity index is 839. The molecule has 0 saturated heterocycles. The van der Waals surface area contributed by atoms with E-state index in [2.05, 4.69) is 10.9 Å². The highest BCUT2D eigenvalue weighted by Gasteiger charge is 2.15. The molecule has 0 saturated carbocycles. The Labute approximate surface area is 129 Å². The molecule has 2 aromatic heterocycles. The Balaban J connectivity index is 1.67. The topological polar surface area (TPSA) is 84.5 Å². The normalized spacial score (nSPS) is 10.3. The molecule has 0 aliphatic carbocycles. The highest BCUT2D eigenvalue weighted by atomic mass is 19.1. The molecule has 2 heterocycles. The minimum atomic E-state index is -0.674. The Hall–Kier alpha value is -3.35. The molecule has 0 unspecified atom stereocenters. The van der Waals surface area contributed by atoms with Crippen LogP contribution in [-0.4, -0.2) is 11.8 Å². The van der Waals surface area contributed by atoms with Crippen LogP contribution in [0.2, 0.25) is 0 Å². The van der Waals surface area contributed by atoms with Crippen LogP contribution in [0.4, 0.5) is 4.39 Å². The van der Waals surface area contributed by atoms with Crippen LogP contribution in [-0.2, 0) is 0 Å². The molecule has 23 heavy (non-hydrogen) atoms. The second-order valence-corrected chi connectivity index (χ2v) is 4.53. The summed E-state index contributed by atoms with van der Waals surface area (Å²) in [5, 5.41) is 0. The van der Waals surface area contributed by atoms with Gasteiger partial charge in [-0.1, -0.05) is 12.1 Å². The Kier molecular flexibility index (Phi) is 3.92. The number of halogens is 1. The fourth-order valence-corrected chi connectivity index (χ4v) is 1.91. The number of hydrogen-bond acceptors (Lipinski definition) is 4. The number of hydrazine groups is 1. The summed E-state index contributed by atoms with van der Waals surface area (Å²) in [4.78, 5) is 23.5. The minimum Gasteiger partial charge on any atom is -0.459 e. The summed E-state index contributed by atoms with van der Waals surface area (Å²) in [5.41, 5.74) is 4.60. The van der Waals surface area contributed by atoms with E-state index in [0.717, 1.165) is 0 Å². The van der Waals surface area contributed by atoms with Crippen LogP contribution in [0.5, 0.6) is 0 Å². The summed E-state index contributed by atoms with van der Waals surface area (Å²) < 4.78 is 23.9. The first kappa shape index (κ1) is 14.6. The largest absolute Gasteiger partial charge is 0.459 e. The van der Waals surface area contributed by atoms with Crippen molar-refractivity contribution < 1.29 is 22.8 Å². The molecule has 0 spiro atoms. The molecular weight excluding hydrogens is 303 g/mol. The van der Waals surface area contributed by atoms with Crippen LogP contribution < -0.4 is 10.9 Å². The zero-order valence-corrected chi connectivity index (χ0v) is 11.7. The molecule has 3 aromatic rings. The van der Waals surface area contributed by atoms with E-state index in [1.54, 1.807) is 18.2 Å². The molecule has 116 valence electrons. The van der Waals surface area contributed by atoms with Gasteiger partial charge in [0.15, 0.2) is 11.5 Å². The van der Waals surface area contributed by atoms with E-state index in [9.17, 15) is 14.0 Å². The molecule has 0 fully saturated rings. The van der Waals surface area contributed by atoms with Crippen LogP contribution in [0, 0.1) is 5.82 Å². The molecule has 2 N–H and O–H groups in total. The SMILES string of the molecule is O=C(NNC(=O)c1ccc(-c2ccccc2F)o1)c1ccco1. The van der Waals surface area contributed by atoms with Crippen molar-refractivity contribution >= 4 is 11.8 Å². The number of rotatable bonds is 3. The van der Waals surface area contributed by atoms with E-state index in [4.69, 9.17) is 8.83 Å². The lowest BCUT2D eigenvalue weighted by Crippen LogP contribution is -2.41. The zero-order chi connectivity index (χ0) is 16.2. The third kappa shape index (κ3) is 3.13. The van der Waals surface area contributed by atoms with Crippen molar-refractivity contribution in [3.8, 4) is 11.3 Å². The highest BCUT2D eigenvalue weighted by Crippen LogP contribution is 2.24. The second-order valence-electron chi connectivity index (χ2n) is 4.53. The fourth-order valence-electron chi connectivity index (χ4n) is 1.91. The van der Waals surface area contributed by atoms with Crippen molar-refractivity contribution in [2.24, 2.45) is 0 Å². The lowest BCUT2D eigenvalue weighted by atomic mass is 10.1. The van der Waals surface area contributed by atoms with E-state index < -0.39 is 17.6 Å². The minimum absolute atomic E-state index is 0.0526. The van der Waals surface area contributed by atoms with Gasteiger partial charge in [0.05, 0.1) is 11.8 Å². The first-order chi connectivity index (χ1) is 11.1. The van der Waals surface area contributed by atoms with E-state index in [1.165, 1.54) is 36.6 Å². The van der Waals surface area contributed by atoms with Crippen LogP contribution in [0.15, 0.2) is 63.6 Å². The molecule has 6 nitrogen and oxygen atoms in total. The summed E-state index contributed by atoms with van der Waals surface area (Å²) in [6.45, 7) is 0. The van der Waals surface area contributed by atoms with E-state index in [1.807, 2.05) is 0 Å². The summed E-state index contributed by atoms with van der Waals surface area (Å²) in [5.74, 6) is -1.54. The summed E-state index contributed by atoms with van der Waals surface area (Å²) in [7, 11) is 0. The van der Waals surface area contributed by atoms with E-state index in [-0.39, 0.29) is 22.8 Å². The van der Waals surface area contributed by atoms with Gasteiger partial charge in [-0.15, -0.1) is 0 Å². The number of furan rings is 2. The number of carbonyl (C=O) groups is 2. The van der Waals surface area contributed by atoms with Gasteiger partial charge in [0, 0.05) is 0 Å². The van der Waals surface area contributed by atoms with Crippen LogP contribution >= 0.6 is 0 Å². The Morgan fingerprint density at radius 1 is 0.870 bits per heavy atom. The van der Waals surface area contributed by atoms with Crippen molar-refractivity contribution in [3.63, 3.8) is 0 Å². The van der Waals surface area contributed by atoms with Crippen LogP contribution in [0.1, 0.15) is 21.1 Å². The predicted octanol–water partition coefficient (Wildman–Crippen LogP) is 2.75. The molecule has 3 rings (SSSR count). The van der Waals surface area contributed by atoms with E-state index in [0.29, 0.717) is 0 Å². The number of hydrogen-bond donors (Lipinski definition) is 2. The molecule has 0 atom stereocenters. The monoisotopic (exact) mass is 314 g/mol. The molecule has 7 heteroatoms. The van der Waals surface area contributed by atoms with Crippen molar-refractivity contribution in [1.29, 1.82) is 0 Å². The third-order valence-corrected chi connectivity index (χ3v) is 3.00.